The first-order chi connectivity index (χ1) is 8.86. The predicted octanol–water partition coefficient (Wildman–Crippen LogP) is 4.31. The van der Waals surface area contributed by atoms with Crippen molar-refractivity contribution in [2.24, 2.45) is 0 Å². The maximum atomic E-state index is 11.3. The molecule has 0 spiro atoms. The highest BCUT2D eigenvalue weighted by molar-refractivity contribution is 8.13. The number of hydrogen-bond donors (Lipinski definition) is 0. The molecule has 3 nitrogen and oxygen atoms in total. The summed E-state index contributed by atoms with van der Waals surface area (Å²) in [4.78, 5) is 0.124. The van der Waals surface area contributed by atoms with Gasteiger partial charge in [0.2, 0.25) is 0 Å². The summed E-state index contributed by atoms with van der Waals surface area (Å²) < 4.78 is 28.4. The highest BCUT2D eigenvalue weighted by Crippen LogP contribution is 2.30. The molecular weight excluding hydrogens is 284 g/mol. The van der Waals surface area contributed by atoms with Crippen molar-refractivity contribution in [1.82, 2.24) is 0 Å². The predicted molar refractivity (Wildman–Crippen MR) is 78.6 cm³/mol. The molecule has 0 N–H and O–H groups in total. The number of hydrogen-bond acceptors (Lipinski definition) is 3. The lowest BCUT2D eigenvalue weighted by molar-refractivity contribution is 0.302. The molecule has 0 aliphatic heterocycles. The number of halogens is 1. The molecule has 0 atom stereocenters. The van der Waals surface area contributed by atoms with Crippen molar-refractivity contribution in [3.63, 3.8) is 0 Å². The van der Waals surface area contributed by atoms with Crippen molar-refractivity contribution in [1.29, 1.82) is 0 Å². The van der Waals surface area contributed by atoms with E-state index in [2.05, 4.69) is 6.92 Å². The number of benzene rings is 1. The highest BCUT2D eigenvalue weighted by Gasteiger charge is 2.15. The standard InChI is InChI=1S/C14H21ClO3S/c1-4-5-6-9-18-14-8-7-12(19(15,16)17)10-13(14)11(2)3/h7-8,10-11H,4-6,9H2,1-3H3. The summed E-state index contributed by atoms with van der Waals surface area (Å²) in [5.74, 6) is 0.926. The van der Waals surface area contributed by atoms with Gasteiger partial charge in [0.1, 0.15) is 5.75 Å². The zero-order chi connectivity index (χ0) is 14.5. The van der Waals surface area contributed by atoms with Crippen LogP contribution in [-0.2, 0) is 9.05 Å². The highest BCUT2D eigenvalue weighted by atomic mass is 35.7. The fourth-order valence-corrected chi connectivity index (χ4v) is 2.58. The molecule has 0 heterocycles. The van der Waals surface area contributed by atoms with E-state index in [0.29, 0.717) is 6.61 Å². The normalized spacial score (nSPS) is 11.8. The molecule has 0 unspecified atom stereocenters. The lowest BCUT2D eigenvalue weighted by atomic mass is 10.0. The molecule has 0 bridgehead atoms. The zero-order valence-electron chi connectivity index (χ0n) is 11.6. The van der Waals surface area contributed by atoms with Gasteiger partial charge in [0, 0.05) is 10.7 Å². The van der Waals surface area contributed by atoms with E-state index in [1.54, 1.807) is 12.1 Å². The molecule has 5 heteroatoms. The van der Waals surface area contributed by atoms with Crippen LogP contribution in [0.4, 0.5) is 0 Å². The molecule has 0 fully saturated rings. The molecule has 0 aliphatic carbocycles. The topological polar surface area (TPSA) is 43.4 Å². The van der Waals surface area contributed by atoms with E-state index < -0.39 is 9.05 Å². The zero-order valence-corrected chi connectivity index (χ0v) is 13.2. The smallest absolute Gasteiger partial charge is 0.261 e. The van der Waals surface area contributed by atoms with E-state index in [4.69, 9.17) is 15.4 Å². The monoisotopic (exact) mass is 304 g/mol. The fourth-order valence-electron chi connectivity index (χ4n) is 1.80. The van der Waals surface area contributed by atoms with Crippen LogP contribution in [0.5, 0.6) is 5.75 Å². The Morgan fingerprint density at radius 1 is 1.26 bits per heavy atom. The van der Waals surface area contributed by atoms with Crippen LogP contribution in [0.1, 0.15) is 51.5 Å². The third kappa shape index (κ3) is 5.03. The second kappa shape index (κ2) is 7.15. The van der Waals surface area contributed by atoms with Crippen molar-refractivity contribution in [3.8, 4) is 5.75 Å². The second-order valence-corrected chi connectivity index (χ2v) is 7.41. The Kier molecular flexibility index (Phi) is 6.14. The maximum Gasteiger partial charge on any atom is 0.261 e. The van der Waals surface area contributed by atoms with Crippen LogP contribution in [0.3, 0.4) is 0 Å². The molecule has 0 amide bonds. The van der Waals surface area contributed by atoms with Gasteiger partial charge in [0.15, 0.2) is 0 Å². The van der Waals surface area contributed by atoms with Crippen LogP contribution in [0, 0.1) is 0 Å². The minimum Gasteiger partial charge on any atom is -0.493 e. The molecule has 19 heavy (non-hydrogen) atoms. The quantitative estimate of drug-likeness (QED) is 0.557. The van der Waals surface area contributed by atoms with Gasteiger partial charge >= 0.3 is 0 Å². The largest absolute Gasteiger partial charge is 0.493 e. The fraction of sp³-hybridized carbons (Fsp3) is 0.571. The van der Waals surface area contributed by atoms with Gasteiger partial charge in [-0.25, -0.2) is 8.42 Å². The molecule has 0 saturated heterocycles. The minimum absolute atomic E-state index is 0.124. The summed E-state index contributed by atoms with van der Waals surface area (Å²) in [7, 11) is 1.68. The van der Waals surface area contributed by atoms with Gasteiger partial charge in [-0.3, -0.25) is 0 Å². The molecule has 0 radical (unpaired) electrons. The summed E-state index contributed by atoms with van der Waals surface area (Å²) >= 11 is 0. The minimum atomic E-state index is -3.69. The van der Waals surface area contributed by atoms with Crippen molar-refractivity contribution < 1.29 is 13.2 Å². The van der Waals surface area contributed by atoms with E-state index in [9.17, 15) is 8.42 Å². The third-order valence-corrected chi connectivity index (χ3v) is 4.24. The van der Waals surface area contributed by atoms with E-state index in [1.807, 2.05) is 13.8 Å². The van der Waals surface area contributed by atoms with Crippen LogP contribution in [-0.4, -0.2) is 15.0 Å². The summed E-state index contributed by atoms with van der Waals surface area (Å²) in [6.45, 7) is 6.79. The lowest BCUT2D eigenvalue weighted by Gasteiger charge is -2.15. The van der Waals surface area contributed by atoms with E-state index >= 15 is 0 Å². The molecule has 0 aliphatic rings. The van der Waals surface area contributed by atoms with Crippen molar-refractivity contribution in [2.75, 3.05) is 6.61 Å². The summed E-state index contributed by atoms with van der Waals surface area (Å²) in [5, 5.41) is 0. The van der Waals surface area contributed by atoms with Crippen LogP contribution >= 0.6 is 10.7 Å². The summed E-state index contributed by atoms with van der Waals surface area (Å²) in [5.41, 5.74) is 0.873. The van der Waals surface area contributed by atoms with Crippen molar-refractivity contribution in [2.45, 2.75) is 50.8 Å². The molecule has 0 aromatic heterocycles. The lowest BCUT2D eigenvalue weighted by Crippen LogP contribution is -2.03. The Morgan fingerprint density at radius 2 is 1.95 bits per heavy atom. The average molecular weight is 305 g/mol. The van der Waals surface area contributed by atoms with Crippen LogP contribution in [0.25, 0.3) is 0 Å². The Hall–Kier alpha value is -0.740. The van der Waals surface area contributed by atoms with Gasteiger partial charge < -0.3 is 4.74 Å². The van der Waals surface area contributed by atoms with Gasteiger partial charge in [-0.15, -0.1) is 0 Å². The van der Waals surface area contributed by atoms with Crippen molar-refractivity contribution in [3.05, 3.63) is 23.8 Å². The SMILES string of the molecule is CCCCCOc1ccc(S(=O)(=O)Cl)cc1C(C)C. The Morgan fingerprint density at radius 3 is 2.47 bits per heavy atom. The molecular formula is C14H21ClO3S. The molecule has 1 rings (SSSR count). The first kappa shape index (κ1) is 16.3. The van der Waals surface area contributed by atoms with Crippen LogP contribution in [0.15, 0.2) is 23.1 Å². The van der Waals surface area contributed by atoms with Gasteiger partial charge in [-0.05, 0) is 36.1 Å². The number of ether oxygens (including phenoxy) is 1. The van der Waals surface area contributed by atoms with Gasteiger partial charge in [-0.2, -0.15) is 0 Å². The van der Waals surface area contributed by atoms with E-state index in [1.165, 1.54) is 6.07 Å². The maximum absolute atomic E-state index is 11.3. The Balaban J connectivity index is 2.93. The average Bonchev–Trinajstić information content (AvgIpc) is 2.33. The number of rotatable bonds is 7. The van der Waals surface area contributed by atoms with Gasteiger partial charge in [0.05, 0.1) is 11.5 Å². The van der Waals surface area contributed by atoms with Crippen LogP contribution in [0.2, 0.25) is 0 Å². The Labute approximate surface area is 120 Å². The first-order valence-electron chi connectivity index (χ1n) is 6.57. The van der Waals surface area contributed by atoms with Gasteiger partial charge in [0.25, 0.3) is 9.05 Å². The molecule has 1 aromatic carbocycles. The summed E-state index contributed by atoms with van der Waals surface area (Å²) in [6.07, 6.45) is 3.28. The second-order valence-electron chi connectivity index (χ2n) is 4.85. The Bertz CT molecular complexity index is 509. The van der Waals surface area contributed by atoms with Crippen molar-refractivity contribution >= 4 is 19.7 Å². The van der Waals surface area contributed by atoms with Crippen LogP contribution < -0.4 is 4.74 Å². The van der Waals surface area contributed by atoms with Gasteiger partial charge in [-0.1, -0.05) is 33.6 Å². The van der Waals surface area contributed by atoms with E-state index in [0.717, 1.165) is 30.6 Å². The first-order valence-corrected chi connectivity index (χ1v) is 8.88. The van der Waals surface area contributed by atoms with E-state index in [-0.39, 0.29) is 10.8 Å². The number of unbranched alkanes of at least 4 members (excludes halogenated alkanes) is 2. The third-order valence-electron chi connectivity index (χ3n) is 2.89. The molecule has 1 aromatic rings. The molecule has 108 valence electrons. The molecule has 0 saturated carbocycles. The summed E-state index contributed by atoms with van der Waals surface area (Å²) in [6, 6.07) is 4.78.